The first-order valence-electron chi connectivity index (χ1n) is 3.46. The molecule has 0 aliphatic carbocycles. The zero-order valence-corrected chi connectivity index (χ0v) is 7.96. The highest BCUT2D eigenvalue weighted by molar-refractivity contribution is 6.33. The number of carbonyl (C=O) groups is 1. The number of carboxylic acids is 1. The zero-order valence-electron chi connectivity index (χ0n) is 7.96. The molecule has 0 bridgehead atoms. The highest BCUT2D eigenvalue weighted by atomic mass is 16.6. The summed E-state index contributed by atoms with van der Waals surface area (Å²) in [6.45, 7) is 0. The van der Waals surface area contributed by atoms with E-state index in [2.05, 4.69) is 4.65 Å². The molecule has 0 saturated heterocycles. The van der Waals surface area contributed by atoms with Crippen LogP contribution in [0.2, 0.25) is 0 Å². The van der Waals surface area contributed by atoms with Crippen LogP contribution in [0.1, 0.15) is 10.4 Å². The van der Waals surface area contributed by atoms with E-state index in [1.165, 1.54) is 24.3 Å². The normalized spacial score (nSPS) is 8.13. The molecule has 0 aromatic heterocycles. The summed E-state index contributed by atoms with van der Waals surface area (Å²) in [5.74, 6) is -0.851. The lowest BCUT2D eigenvalue weighted by atomic mass is 10.2. The minimum absolute atomic E-state index is 0. The standard InChI is InChI=1S/C7H7BO5.2H3N/c9-7(10)5-1-3-6(4-2-5)13-8(11)12;;/h1-4,11-12H,(H,9,10);2*1H3. The Bertz CT molecular complexity index is 303. The monoisotopic (exact) mass is 216 g/mol. The Kier molecular flexibility index (Phi) is 7.18. The van der Waals surface area contributed by atoms with Gasteiger partial charge < -0.3 is 32.1 Å². The molecule has 0 fully saturated rings. The number of hydrogen-bond donors (Lipinski definition) is 5. The lowest BCUT2D eigenvalue weighted by molar-refractivity contribution is 0.0697. The molecule has 84 valence electrons. The van der Waals surface area contributed by atoms with Crippen LogP contribution in [0.3, 0.4) is 0 Å². The van der Waals surface area contributed by atoms with Crippen LogP contribution < -0.4 is 17.0 Å². The zero-order chi connectivity index (χ0) is 9.84. The molecule has 1 aromatic rings. The summed E-state index contributed by atoms with van der Waals surface area (Å²) < 4.78 is 4.47. The van der Waals surface area contributed by atoms with Gasteiger partial charge in [0, 0.05) is 0 Å². The first kappa shape index (κ1) is 15.8. The second-order valence-electron chi connectivity index (χ2n) is 2.27. The molecule has 0 atom stereocenters. The van der Waals surface area contributed by atoms with Crippen molar-refractivity contribution in [2.24, 2.45) is 0 Å². The SMILES string of the molecule is N.N.O=C(O)c1ccc(OB(O)O)cc1. The fourth-order valence-electron chi connectivity index (χ4n) is 0.798. The van der Waals surface area contributed by atoms with Crippen molar-refractivity contribution in [1.82, 2.24) is 12.3 Å². The summed E-state index contributed by atoms with van der Waals surface area (Å²) >= 11 is 0. The predicted molar refractivity (Wildman–Crippen MR) is 54.3 cm³/mol. The van der Waals surface area contributed by atoms with Gasteiger partial charge in [0.25, 0.3) is 0 Å². The molecule has 0 heterocycles. The van der Waals surface area contributed by atoms with Gasteiger partial charge in [-0.2, -0.15) is 0 Å². The van der Waals surface area contributed by atoms with Gasteiger partial charge in [-0.05, 0) is 24.3 Å². The van der Waals surface area contributed by atoms with Crippen molar-refractivity contribution in [3.63, 3.8) is 0 Å². The van der Waals surface area contributed by atoms with Crippen LogP contribution >= 0.6 is 0 Å². The van der Waals surface area contributed by atoms with E-state index >= 15 is 0 Å². The molecular formula is C7H13BN2O5. The number of aromatic carboxylic acids is 1. The summed E-state index contributed by atoms with van der Waals surface area (Å²) in [5.41, 5.74) is 0.111. The molecule has 8 heteroatoms. The van der Waals surface area contributed by atoms with Gasteiger partial charge in [-0.3, -0.25) is 0 Å². The highest BCUT2D eigenvalue weighted by Gasteiger charge is 2.11. The fourth-order valence-corrected chi connectivity index (χ4v) is 0.798. The Labute approximate surface area is 86.7 Å². The minimum atomic E-state index is -1.89. The van der Waals surface area contributed by atoms with Gasteiger partial charge in [-0.25, -0.2) is 4.79 Å². The van der Waals surface area contributed by atoms with Crippen LogP contribution in [0.15, 0.2) is 24.3 Å². The maximum atomic E-state index is 10.4. The van der Waals surface area contributed by atoms with E-state index in [4.69, 9.17) is 15.2 Å². The van der Waals surface area contributed by atoms with Crippen LogP contribution in [0.25, 0.3) is 0 Å². The van der Waals surface area contributed by atoms with Crippen molar-refractivity contribution in [2.75, 3.05) is 0 Å². The van der Waals surface area contributed by atoms with Gasteiger partial charge in [0.15, 0.2) is 0 Å². The third-order valence-electron chi connectivity index (χ3n) is 1.34. The summed E-state index contributed by atoms with van der Waals surface area (Å²) in [4.78, 5) is 10.4. The third-order valence-corrected chi connectivity index (χ3v) is 1.34. The number of benzene rings is 1. The van der Waals surface area contributed by atoms with E-state index < -0.39 is 13.3 Å². The Morgan fingerprint density at radius 2 is 1.60 bits per heavy atom. The second kappa shape index (κ2) is 6.79. The Hall–Kier alpha value is -1.61. The first-order chi connectivity index (χ1) is 6.09. The predicted octanol–water partition coefficient (Wildman–Crippen LogP) is 0.0571. The lowest BCUT2D eigenvalue weighted by Gasteiger charge is -2.03. The minimum Gasteiger partial charge on any atom is -0.512 e. The maximum Gasteiger partial charge on any atom is 0.707 e. The summed E-state index contributed by atoms with van der Waals surface area (Å²) in [6.07, 6.45) is 0. The van der Waals surface area contributed by atoms with E-state index in [0.717, 1.165) is 0 Å². The van der Waals surface area contributed by atoms with Gasteiger partial charge >= 0.3 is 13.3 Å². The first-order valence-corrected chi connectivity index (χ1v) is 3.46. The lowest BCUT2D eigenvalue weighted by Crippen LogP contribution is -2.20. The number of hydrogen-bond acceptors (Lipinski definition) is 6. The van der Waals surface area contributed by atoms with Crippen molar-refractivity contribution in [2.45, 2.75) is 0 Å². The van der Waals surface area contributed by atoms with Gasteiger partial charge in [-0.15, -0.1) is 0 Å². The molecule has 0 saturated carbocycles. The largest absolute Gasteiger partial charge is 0.707 e. The molecule has 15 heavy (non-hydrogen) atoms. The smallest absolute Gasteiger partial charge is 0.512 e. The molecule has 0 aliphatic rings. The van der Waals surface area contributed by atoms with Gasteiger partial charge in [0.2, 0.25) is 0 Å². The van der Waals surface area contributed by atoms with E-state index in [-0.39, 0.29) is 23.6 Å². The van der Waals surface area contributed by atoms with Crippen molar-refractivity contribution >= 4 is 13.3 Å². The average Bonchev–Trinajstić information content (AvgIpc) is 2.04. The Morgan fingerprint density at radius 3 is 1.93 bits per heavy atom. The molecule has 1 rings (SSSR count). The molecule has 9 N–H and O–H groups in total. The van der Waals surface area contributed by atoms with Crippen molar-refractivity contribution in [3.05, 3.63) is 29.8 Å². The van der Waals surface area contributed by atoms with Crippen LogP contribution in [0.4, 0.5) is 0 Å². The number of rotatable bonds is 3. The van der Waals surface area contributed by atoms with E-state index in [1.807, 2.05) is 0 Å². The van der Waals surface area contributed by atoms with E-state index in [0.29, 0.717) is 0 Å². The fraction of sp³-hybridized carbons (Fsp3) is 0. The highest BCUT2D eigenvalue weighted by Crippen LogP contribution is 2.11. The number of carboxylic acid groups (broad SMARTS) is 1. The summed E-state index contributed by atoms with van der Waals surface area (Å²) in [6, 6.07) is 5.28. The van der Waals surface area contributed by atoms with E-state index in [9.17, 15) is 4.79 Å². The second-order valence-corrected chi connectivity index (χ2v) is 2.27. The topological polar surface area (TPSA) is 157 Å². The third kappa shape index (κ3) is 4.98. The molecule has 0 aliphatic heterocycles. The molecule has 0 unspecified atom stereocenters. The molecular weight excluding hydrogens is 203 g/mol. The van der Waals surface area contributed by atoms with Crippen LogP contribution in [0.5, 0.6) is 5.75 Å². The molecule has 0 radical (unpaired) electrons. The van der Waals surface area contributed by atoms with Crippen LogP contribution in [-0.4, -0.2) is 28.4 Å². The van der Waals surface area contributed by atoms with Gasteiger partial charge in [0.1, 0.15) is 5.75 Å². The molecule has 0 spiro atoms. The Balaban J connectivity index is 0. The van der Waals surface area contributed by atoms with Crippen molar-refractivity contribution in [3.8, 4) is 5.75 Å². The van der Waals surface area contributed by atoms with Gasteiger partial charge in [0.05, 0.1) is 5.56 Å². The van der Waals surface area contributed by atoms with E-state index in [1.54, 1.807) is 0 Å². The molecule has 0 amide bonds. The van der Waals surface area contributed by atoms with Gasteiger partial charge in [-0.1, -0.05) is 0 Å². The maximum absolute atomic E-state index is 10.4. The Morgan fingerprint density at radius 1 is 1.13 bits per heavy atom. The molecule has 7 nitrogen and oxygen atoms in total. The van der Waals surface area contributed by atoms with Crippen molar-refractivity contribution in [1.29, 1.82) is 0 Å². The van der Waals surface area contributed by atoms with Crippen molar-refractivity contribution < 1.29 is 24.6 Å². The quantitative estimate of drug-likeness (QED) is 0.446. The molecule has 1 aromatic carbocycles. The summed E-state index contributed by atoms with van der Waals surface area (Å²) in [7, 11) is -1.89. The van der Waals surface area contributed by atoms with Crippen LogP contribution in [0, 0.1) is 0 Å². The average molecular weight is 216 g/mol. The summed E-state index contributed by atoms with van der Waals surface area (Å²) in [5, 5.41) is 25.3. The van der Waals surface area contributed by atoms with Crippen LogP contribution in [-0.2, 0) is 0 Å².